The Morgan fingerprint density at radius 1 is 1.17 bits per heavy atom. The van der Waals surface area contributed by atoms with Crippen LogP contribution in [-0.4, -0.2) is 6.04 Å². The van der Waals surface area contributed by atoms with E-state index in [9.17, 15) is 0 Å². The molecule has 100 valence electrons. The molecule has 2 nitrogen and oxygen atoms in total. The largest absolute Gasteiger partial charge is 0.271 e. The highest BCUT2D eigenvalue weighted by molar-refractivity contribution is 5.30. The Morgan fingerprint density at radius 2 is 1.83 bits per heavy atom. The predicted octanol–water partition coefficient (Wildman–Crippen LogP) is 3.38. The van der Waals surface area contributed by atoms with Crippen LogP contribution in [0.2, 0.25) is 0 Å². The minimum Gasteiger partial charge on any atom is -0.271 e. The molecule has 0 bridgehead atoms. The molecule has 0 spiro atoms. The van der Waals surface area contributed by atoms with Gasteiger partial charge in [0.25, 0.3) is 0 Å². The van der Waals surface area contributed by atoms with Crippen molar-refractivity contribution in [3.8, 4) is 0 Å². The van der Waals surface area contributed by atoms with Gasteiger partial charge in [-0.2, -0.15) is 0 Å². The average molecular weight is 246 g/mol. The van der Waals surface area contributed by atoms with Gasteiger partial charge in [-0.15, -0.1) is 0 Å². The van der Waals surface area contributed by atoms with E-state index in [-0.39, 0.29) is 5.41 Å². The lowest BCUT2D eigenvalue weighted by Gasteiger charge is -2.48. The monoisotopic (exact) mass is 246 g/mol. The summed E-state index contributed by atoms with van der Waals surface area (Å²) in [7, 11) is 0. The quantitative estimate of drug-likeness (QED) is 0.596. The SMILES string of the molecule is CC(C)CCC(NN)C1(c2ccccc2)CCC1. The Hall–Kier alpha value is -0.860. The van der Waals surface area contributed by atoms with E-state index in [4.69, 9.17) is 5.84 Å². The van der Waals surface area contributed by atoms with Gasteiger partial charge in [-0.25, -0.2) is 0 Å². The van der Waals surface area contributed by atoms with Crippen LogP contribution >= 0.6 is 0 Å². The molecule has 1 atom stereocenters. The van der Waals surface area contributed by atoms with Crippen molar-refractivity contribution in [1.29, 1.82) is 0 Å². The summed E-state index contributed by atoms with van der Waals surface area (Å²) in [6.07, 6.45) is 6.27. The van der Waals surface area contributed by atoms with Gasteiger partial charge >= 0.3 is 0 Å². The van der Waals surface area contributed by atoms with Crippen LogP contribution in [0.3, 0.4) is 0 Å². The van der Waals surface area contributed by atoms with E-state index in [0.29, 0.717) is 6.04 Å². The van der Waals surface area contributed by atoms with Gasteiger partial charge in [0.15, 0.2) is 0 Å². The molecule has 18 heavy (non-hydrogen) atoms. The van der Waals surface area contributed by atoms with Gasteiger partial charge in [0, 0.05) is 11.5 Å². The van der Waals surface area contributed by atoms with E-state index in [1.165, 1.54) is 37.7 Å². The number of hydrogen-bond acceptors (Lipinski definition) is 2. The maximum Gasteiger partial charge on any atom is 0.0307 e. The zero-order valence-corrected chi connectivity index (χ0v) is 11.7. The van der Waals surface area contributed by atoms with Crippen molar-refractivity contribution < 1.29 is 0 Å². The lowest BCUT2D eigenvalue weighted by Crippen LogP contribution is -2.55. The second-order valence-electron chi connectivity index (χ2n) is 6.07. The van der Waals surface area contributed by atoms with Crippen LogP contribution in [0.1, 0.15) is 51.5 Å². The van der Waals surface area contributed by atoms with E-state index in [0.717, 1.165) is 5.92 Å². The third kappa shape index (κ3) is 2.60. The molecular formula is C16H26N2. The molecule has 0 heterocycles. The summed E-state index contributed by atoms with van der Waals surface area (Å²) in [5.74, 6) is 6.59. The summed E-state index contributed by atoms with van der Waals surface area (Å²) < 4.78 is 0. The topological polar surface area (TPSA) is 38.0 Å². The molecule has 1 saturated carbocycles. The van der Waals surface area contributed by atoms with E-state index >= 15 is 0 Å². The Kier molecular flexibility index (Phi) is 4.41. The molecule has 3 N–H and O–H groups in total. The molecule has 1 unspecified atom stereocenters. The molecule has 0 saturated heterocycles. The second-order valence-corrected chi connectivity index (χ2v) is 6.07. The molecule has 0 radical (unpaired) electrons. The fourth-order valence-corrected chi connectivity index (χ4v) is 3.19. The predicted molar refractivity (Wildman–Crippen MR) is 77.2 cm³/mol. The van der Waals surface area contributed by atoms with Crippen LogP contribution in [-0.2, 0) is 5.41 Å². The van der Waals surface area contributed by atoms with Gasteiger partial charge in [-0.1, -0.05) is 50.6 Å². The van der Waals surface area contributed by atoms with Gasteiger partial charge in [0.1, 0.15) is 0 Å². The number of nitrogens with one attached hydrogen (secondary N) is 1. The highest BCUT2D eigenvalue weighted by atomic mass is 15.2. The number of nitrogens with two attached hydrogens (primary N) is 1. The Balaban J connectivity index is 2.15. The number of rotatable bonds is 6. The van der Waals surface area contributed by atoms with Crippen LogP contribution in [0.15, 0.2) is 30.3 Å². The third-order valence-electron chi connectivity index (χ3n) is 4.50. The van der Waals surface area contributed by atoms with Crippen molar-refractivity contribution in [2.24, 2.45) is 11.8 Å². The van der Waals surface area contributed by atoms with E-state index < -0.39 is 0 Å². The summed E-state index contributed by atoms with van der Waals surface area (Å²) in [6.45, 7) is 4.56. The first-order valence-electron chi connectivity index (χ1n) is 7.21. The van der Waals surface area contributed by atoms with Gasteiger partial charge in [-0.3, -0.25) is 11.3 Å². The zero-order valence-electron chi connectivity index (χ0n) is 11.7. The molecule has 1 aliphatic rings. The summed E-state index contributed by atoms with van der Waals surface area (Å²) in [5.41, 5.74) is 4.84. The number of hydrazine groups is 1. The average Bonchev–Trinajstić information content (AvgIpc) is 2.33. The van der Waals surface area contributed by atoms with Crippen molar-refractivity contribution in [3.05, 3.63) is 35.9 Å². The van der Waals surface area contributed by atoms with Crippen molar-refractivity contribution in [1.82, 2.24) is 5.43 Å². The zero-order chi connectivity index (χ0) is 13.0. The third-order valence-corrected chi connectivity index (χ3v) is 4.50. The molecular weight excluding hydrogens is 220 g/mol. The maximum atomic E-state index is 5.84. The molecule has 1 aromatic rings. The molecule has 2 rings (SSSR count). The molecule has 1 aliphatic carbocycles. The van der Waals surface area contributed by atoms with Gasteiger partial charge in [-0.05, 0) is 37.2 Å². The molecule has 2 heteroatoms. The smallest absolute Gasteiger partial charge is 0.0307 e. The van der Waals surface area contributed by atoms with E-state index in [2.05, 4.69) is 49.6 Å². The lowest BCUT2D eigenvalue weighted by atomic mass is 9.59. The van der Waals surface area contributed by atoms with Crippen LogP contribution in [0.5, 0.6) is 0 Å². The molecule has 1 aromatic carbocycles. The maximum absolute atomic E-state index is 5.84. The Morgan fingerprint density at radius 3 is 2.28 bits per heavy atom. The lowest BCUT2D eigenvalue weighted by molar-refractivity contribution is 0.157. The van der Waals surface area contributed by atoms with Crippen molar-refractivity contribution in [3.63, 3.8) is 0 Å². The highest BCUT2D eigenvalue weighted by Crippen LogP contribution is 2.47. The first kappa shape index (κ1) is 13.6. The summed E-state index contributed by atoms with van der Waals surface area (Å²) >= 11 is 0. The van der Waals surface area contributed by atoms with Gasteiger partial charge in [0.05, 0.1) is 0 Å². The minimum absolute atomic E-state index is 0.283. The van der Waals surface area contributed by atoms with Crippen molar-refractivity contribution >= 4 is 0 Å². The summed E-state index contributed by atoms with van der Waals surface area (Å²) in [5, 5.41) is 0. The van der Waals surface area contributed by atoms with Crippen LogP contribution in [0.25, 0.3) is 0 Å². The molecule has 0 aromatic heterocycles. The summed E-state index contributed by atoms with van der Waals surface area (Å²) in [4.78, 5) is 0. The fraction of sp³-hybridized carbons (Fsp3) is 0.625. The summed E-state index contributed by atoms with van der Waals surface area (Å²) in [6, 6.07) is 11.3. The van der Waals surface area contributed by atoms with Gasteiger partial charge < -0.3 is 0 Å². The number of benzene rings is 1. The highest BCUT2D eigenvalue weighted by Gasteiger charge is 2.44. The van der Waals surface area contributed by atoms with Crippen molar-refractivity contribution in [2.75, 3.05) is 0 Å². The standard InChI is InChI=1S/C16H26N2/c1-13(2)9-10-15(18-17)16(11-6-12-16)14-7-4-3-5-8-14/h3-5,7-8,13,15,18H,6,9-12,17H2,1-2H3. The first-order valence-corrected chi connectivity index (χ1v) is 7.21. The first-order chi connectivity index (χ1) is 8.69. The van der Waals surface area contributed by atoms with Crippen LogP contribution in [0.4, 0.5) is 0 Å². The molecule has 0 aliphatic heterocycles. The van der Waals surface area contributed by atoms with Crippen molar-refractivity contribution in [2.45, 2.75) is 57.4 Å². The fourth-order valence-electron chi connectivity index (χ4n) is 3.19. The molecule has 1 fully saturated rings. The molecule has 0 amide bonds. The normalized spacial score (nSPS) is 19.6. The van der Waals surface area contributed by atoms with Crippen LogP contribution in [0, 0.1) is 5.92 Å². The van der Waals surface area contributed by atoms with E-state index in [1.807, 2.05) is 0 Å². The Bertz CT molecular complexity index is 355. The van der Waals surface area contributed by atoms with Gasteiger partial charge in [0.2, 0.25) is 0 Å². The number of hydrogen-bond donors (Lipinski definition) is 2. The van der Waals surface area contributed by atoms with Crippen LogP contribution < -0.4 is 11.3 Å². The van der Waals surface area contributed by atoms with E-state index in [1.54, 1.807) is 0 Å². The second kappa shape index (κ2) is 5.85. The minimum atomic E-state index is 0.283. The Labute approximate surface area is 111 Å².